The summed E-state index contributed by atoms with van der Waals surface area (Å²) in [5.41, 5.74) is 1.86. The first kappa shape index (κ1) is 23.6. The number of aliphatic hydroxyl groups is 1. The number of carbonyl (C=O) groups excluding carboxylic acids is 2. The van der Waals surface area contributed by atoms with Crippen molar-refractivity contribution < 1.29 is 38.1 Å². The lowest BCUT2D eigenvalue weighted by molar-refractivity contribution is -0.156. The summed E-state index contributed by atoms with van der Waals surface area (Å²) in [5.74, 6) is -9.42. The van der Waals surface area contributed by atoms with E-state index in [4.69, 9.17) is 9.84 Å². The number of aliphatic carboxylic acids is 1. The Balaban J connectivity index is 1.29. The van der Waals surface area contributed by atoms with Crippen LogP contribution < -0.4 is 10.6 Å². The van der Waals surface area contributed by atoms with E-state index in [2.05, 4.69) is 5.32 Å². The van der Waals surface area contributed by atoms with Gasteiger partial charge in [-0.15, -0.1) is 0 Å². The molecule has 4 rings (SSSR count). The van der Waals surface area contributed by atoms with Crippen molar-refractivity contribution in [2.24, 2.45) is 11.8 Å². The van der Waals surface area contributed by atoms with Gasteiger partial charge in [0, 0.05) is 12.5 Å². The fraction of sp³-hybridized carbons (Fsp3) is 0.375. The van der Waals surface area contributed by atoms with Crippen molar-refractivity contribution in [2.45, 2.75) is 24.4 Å². The molecule has 180 valence electrons. The summed E-state index contributed by atoms with van der Waals surface area (Å²) in [5, 5.41) is 22.8. The number of carboxylic acid groups (broad SMARTS) is 1. The Morgan fingerprint density at radius 2 is 1.59 bits per heavy atom. The van der Waals surface area contributed by atoms with E-state index in [0.717, 1.165) is 29.2 Å². The molecule has 4 N–H and O–H groups in total. The Morgan fingerprint density at radius 3 is 2.15 bits per heavy atom. The monoisotopic (exact) mass is 474 g/mol. The normalized spacial score (nSPS) is 21.5. The lowest BCUT2D eigenvalue weighted by Crippen LogP contribution is -2.47. The highest BCUT2D eigenvalue weighted by molar-refractivity contribution is 5.85. The number of carboxylic acids is 1. The molecule has 1 saturated carbocycles. The zero-order valence-electron chi connectivity index (χ0n) is 18.3. The van der Waals surface area contributed by atoms with Gasteiger partial charge in [-0.25, -0.2) is 18.4 Å². The van der Waals surface area contributed by atoms with Crippen molar-refractivity contribution in [1.82, 2.24) is 10.6 Å². The van der Waals surface area contributed by atoms with E-state index in [0.29, 0.717) is 0 Å². The highest BCUT2D eigenvalue weighted by Gasteiger charge is 2.71. The Labute approximate surface area is 193 Å². The van der Waals surface area contributed by atoms with Crippen LogP contribution in [0.2, 0.25) is 0 Å². The lowest BCUT2D eigenvalue weighted by Gasteiger charge is -2.18. The predicted octanol–water partition coefficient (Wildman–Crippen LogP) is 2.36. The molecule has 34 heavy (non-hydrogen) atoms. The van der Waals surface area contributed by atoms with Crippen molar-refractivity contribution in [1.29, 1.82) is 0 Å². The molecule has 0 aromatic heterocycles. The summed E-state index contributed by atoms with van der Waals surface area (Å²) < 4.78 is 33.4. The smallest absolute Gasteiger partial charge is 0.407 e. The summed E-state index contributed by atoms with van der Waals surface area (Å²) in [6.07, 6.45) is -0.877. The van der Waals surface area contributed by atoms with Gasteiger partial charge in [0.2, 0.25) is 5.91 Å². The third kappa shape index (κ3) is 4.33. The number of alkyl halides is 2. The molecule has 1 fully saturated rings. The van der Waals surface area contributed by atoms with E-state index < -0.39 is 54.4 Å². The third-order valence-corrected chi connectivity index (χ3v) is 6.36. The van der Waals surface area contributed by atoms with E-state index in [1.807, 2.05) is 53.8 Å². The van der Waals surface area contributed by atoms with Gasteiger partial charge in [-0.1, -0.05) is 48.5 Å². The highest BCUT2D eigenvalue weighted by atomic mass is 19.3. The zero-order chi connectivity index (χ0) is 24.7. The minimum Gasteiger partial charge on any atom is -0.479 e. The molecule has 1 unspecified atom stereocenters. The molecule has 2 aromatic rings. The molecule has 8 nitrogen and oxygen atoms in total. The summed E-state index contributed by atoms with van der Waals surface area (Å²) in [4.78, 5) is 35.1. The zero-order valence-corrected chi connectivity index (χ0v) is 18.3. The molecule has 2 aromatic carbocycles. The van der Waals surface area contributed by atoms with E-state index in [1.54, 1.807) is 0 Å². The molecule has 10 heteroatoms. The summed E-state index contributed by atoms with van der Waals surface area (Å²) >= 11 is 0. The maximum Gasteiger partial charge on any atom is 0.407 e. The van der Waals surface area contributed by atoms with Crippen molar-refractivity contribution in [2.75, 3.05) is 19.7 Å². The number of benzene rings is 2. The number of halogens is 2. The Hall–Kier alpha value is -3.53. The van der Waals surface area contributed by atoms with Crippen LogP contribution >= 0.6 is 0 Å². The second-order valence-electron chi connectivity index (χ2n) is 8.76. The van der Waals surface area contributed by atoms with E-state index in [9.17, 15) is 28.3 Å². The fourth-order valence-electron chi connectivity index (χ4n) is 4.29. The van der Waals surface area contributed by atoms with Crippen molar-refractivity contribution in [3.63, 3.8) is 0 Å². The first-order valence-corrected chi connectivity index (χ1v) is 10.7. The first-order valence-electron chi connectivity index (χ1n) is 10.7. The summed E-state index contributed by atoms with van der Waals surface area (Å²) in [7, 11) is 0. The molecule has 0 heterocycles. The second kappa shape index (κ2) is 8.68. The number of ether oxygens (including phenoxy) is 1. The van der Waals surface area contributed by atoms with Crippen LogP contribution in [0.15, 0.2) is 48.5 Å². The molecule has 2 aliphatic carbocycles. The summed E-state index contributed by atoms with van der Waals surface area (Å²) in [6.45, 7) is -0.247. The van der Waals surface area contributed by atoms with Crippen molar-refractivity contribution in [3.8, 4) is 11.1 Å². The molecule has 2 amide bonds. The number of rotatable bonds is 8. The average molecular weight is 474 g/mol. The third-order valence-electron chi connectivity index (χ3n) is 6.36. The van der Waals surface area contributed by atoms with E-state index in [1.165, 1.54) is 0 Å². The number of fused-ring (bicyclic) bond motifs is 3. The van der Waals surface area contributed by atoms with Gasteiger partial charge in [0.25, 0.3) is 5.92 Å². The van der Waals surface area contributed by atoms with Crippen LogP contribution in [-0.2, 0) is 14.3 Å². The minimum absolute atomic E-state index is 0.0229. The first-order chi connectivity index (χ1) is 16.0. The molecule has 0 radical (unpaired) electrons. The molecular weight excluding hydrogens is 450 g/mol. The topological polar surface area (TPSA) is 125 Å². The average Bonchev–Trinajstić information content (AvgIpc) is 3.21. The van der Waals surface area contributed by atoms with Crippen LogP contribution in [0.5, 0.6) is 0 Å². The van der Waals surface area contributed by atoms with Crippen LogP contribution in [0.3, 0.4) is 0 Å². The van der Waals surface area contributed by atoms with Crippen molar-refractivity contribution in [3.05, 3.63) is 59.7 Å². The molecule has 0 aliphatic heterocycles. The molecule has 0 spiro atoms. The number of alkyl carbamates (subject to hydrolysis) is 1. The van der Waals surface area contributed by atoms with Gasteiger partial charge in [-0.05, 0) is 29.2 Å². The number of carbonyl (C=O) groups is 3. The van der Waals surface area contributed by atoms with Crippen LogP contribution in [0.1, 0.15) is 24.0 Å². The van der Waals surface area contributed by atoms with Crippen LogP contribution in [0.25, 0.3) is 11.1 Å². The van der Waals surface area contributed by atoms with Crippen LogP contribution in [-0.4, -0.2) is 59.4 Å². The number of hydrogen-bond donors (Lipinski definition) is 4. The minimum atomic E-state index is -3.37. The van der Waals surface area contributed by atoms with Gasteiger partial charge in [0.15, 0.2) is 5.60 Å². The maximum absolute atomic E-state index is 14.1. The van der Waals surface area contributed by atoms with Crippen LogP contribution in [0, 0.1) is 11.8 Å². The summed E-state index contributed by atoms with van der Waals surface area (Å²) in [6, 6.07) is 15.5. The second-order valence-corrected chi connectivity index (χ2v) is 8.76. The quantitative estimate of drug-likeness (QED) is 0.466. The van der Waals surface area contributed by atoms with Crippen molar-refractivity contribution >= 4 is 18.0 Å². The lowest BCUT2D eigenvalue weighted by atomic mass is 9.98. The number of hydrogen-bond acceptors (Lipinski definition) is 5. The van der Waals surface area contributed by atoms with Gasteiger partial charge in [0.05, 0.1) is 12.5 Å². The van der Waals surface area contributed by atoms with E-state index >= 15 is 0 Å². The highest BCUT2D eigenvalue weighted by Crippen LogP contribution is 2.55. The Bertz CT molecular complexity index is 1090. The Morgan fingerprint density at radius 1 is 1.03 bits per heavy atom. The van der Waals surface area contributed by atoms with Gasteiger partial charge >= 0.3 is 12.1 Å². The molecule has 3 atom stereocenters. The van der Waals surface area contributed by atoms with Gasteiger partial charge < -0.3 is 25.6 Å². The maximum atomic E-state index is 14.1. The molecule has 2 aliphatic rings. The van der Waals surface area contributed by atoms with Gasteiger partial charge in [-0.2, -0.15) is 0 Å². The number of amides is 2. The Kier molecular flexibility index (Phi) is 6.03. The number of nitrogens with one attached hydrogen (secondary N) is 2. The van der Waals surface area contributed by atoms with Gasteiger partial charge in [-0.3, -0.25) is 4.79 Å². The standard InChI is InChI=1S/C24H24F2N2O6/c1-23(33,21(30)31)12-28-20(29)19-18(24(19,25)26)10-27-22(32)34-11-17-15-8-4-2-6-13(15)14-7-3-5-9-16(14)17/h2-9,17-19,33H,10-12H2,1H3,(H,27,32)(H,28,29)(H,30,31)/t18-,19-,23?/m0/s1. The molecule has 0 saturated heterocycles. The fourth-order valence-corrected chi connectivity index (χ4v) is 4.29. The SMILES string of the molecule is CC(O)(CNC(=O)[C@@H]1[C@H](CNC(=O)OCC2c3ccccc3-c3ccccc32)C1(F)F)C(=O)O. The predicted molar refractivity (Wildman–Crippen MR) is 116 cm³/mol. The van der Waals surface area contributed by atoms with Crippen LogP contribution in [0.4, 0.5) is 13.6 Å². The molecular formula is C24H24F2N2O6. The van der Waals surface area contributed by atoms with Gasteiger partial charge in [0.1, 0.15) is 12.5 Å². The molecule has 0 bridgehead atoms. The van der Waals surface area contributed by atoms with E-state index in [-0.39, 0.29) is 12.5 Å². The largest absolute Gasteiger partial charge is 0.479 e.